The minimum Gasteiger partial charge on any atom is -0.493 e. The number of rotatable bonds is 7. The van der Waals surface area contributed by atoms with Crippen LogP contribution in [-0.4, -0.2) is 27.1 Å². The van der Waals surface area contributed by atoms with E-state index in [1.165, 1.54) is 26.9 Å². The van der Waals surface area contributed by atoms with Crippen molar-refractivity contribution in [2.24, 2.45) is 0 Å². The van der Waals surface area contributed by atoms with Crippen molar-refractivity contribution in [3.05, 3.63) is 64.9 Å². The van der Waals surface area contributed by atoms with Crippen LogP contribution in [0.4, 0.5) is 0 Å². The molecule has 4 nitrogen and oxygen atoms in total. The second-order valence-corrected chi connectivity index (χ2v) is 5.18. The van der Waals surface area contributed by atoms with E-state index < -0.39 is 0 Å². The maximum absolute atomic E-state index is 12.9. The molecule has 0 atom stereocenters. The summed E-state index contributed by atoms with van der Waals surface area (Å²) in [4.78, 5) is 12.9. The molecule has 0 unspecified atom stereocenters. The zero-order valence-corrected chi connectivity index (χ0v) is 14.5. The Balaban J connectivity index is 2.44. The average molecular weight is 326 g/mol. The van der Waals surface area contributed by atoms with Gasteiger partial charge in [-0.2, -0.15) is 0 Å². The second-order valence-electron chi connectivity index (χ2n) is 5.18. The summed E-state index contributed by atoms with van der Waals surface area (Å²) >= 11 is 0. The van der Waals surface area contributed by atoms with Crippen molar-refractivity contribution >= 4 is 11.9 Å². The molecule has 0 aromatic heterocycles. The smallest absolute Gasteiger partial charge is 0.231 e. The molecule has 0 aliphatic carbocycles. The van der Waals surface area contributed by atoms with Crippen LogP contribution in [0.1, 0.15) is 28.4 Å². The van der Waals surface area contributed by atoms with Gasteiger partial charge in [-0.1, -0.05) is 37.3 Å². The van der Waals surface area contributed by atoms with E-state index in [0.29, 0.717) is 17.1 Å². The third-order valence-corrected chi connectivity index (χ3v) is 3.75. The number of allylic oxidation sites excluding steroid dienone is 1. The van der Waals surface area contributed by atoms with Gasteiger partial charge in [-0.05, 0) is 35.8 Å². The topological polar surface area (TPSA) is 44.8 Å². The first-order chi connectivity index (χ1) is 11.6. The van der Waals surface area contributed by atoms with E-state index >= 15 is 0 Å². The van der Waals surface area contributed by atoms with Gasteiger partial charge in [-0.25, -0.2) is 0 Å². The highest BCUT2D eigenvalue weighted by molar-refractivity contribution is 6.12. The molecule has 0 spiro atoms. The van der Waals surface area contributed by atoms with Gasteiger partial charge in [-0.15, -0.1) is 0 Å². The molecule has 0 heterocycles. The summed E-state index contributed by atoms with van der Waals surface area (Å²) < 4.78 is 15.9. The Morgan fingerprint density at radius 1 is 1.04 bits per heavy atom. The number of para-hydroxylation sites is 1. The summed E-state index contributed by atoms with van der Waals surface area (Å²) in [5.41, 5.74) is 2.52. The fraction of sp³-hybridized carbons (Fsp3) is 0.250. The van der Waals surface area contributed by atoms with Crippen molar-refractivity contribution in [3.63, 3.8) is 0 Å². The summed E-state index contributed by atoms with van der Waals surface area (Å²) in [5, 5.41) is 0. The summed E-state index contributed by atoms with van der Waals surface area (Å²) in [6, 6.07) is 13.2. The monoisotopic (exact) mass is 326 g/mol. The zero-order chi connectivity index (χ0) is 17.5. The molecule has 0 saturated carbocycles. The molecule has 126 valence electrons. The minimum atomic E-state index is -0.254. The fourth-order valence-electron chi connectivity index (χ4n) is 2.47. The number of hydrogen-bond acceptors (Lipinski definition) is 4. The van der Waals surface area contributed by atoms with Gasteiger partial charge in [0.1, 0.15) is 0 Å². The van der Waals surface area contributed by atoms with Crippen molar-refractivity contribution in [2.45, 2.75) is 13.3 Å². The van der Waals surface area contributed by atoms with Crippen LogP contribution in [0.25, 0.3) is 6.08 Å². The molecule has 0 fully saturated rings. The third-order valence-electron chi connectivity index (χ3n) is 3.75. The number of methoxy groups -OCH3 is 3. The van der Waals surface area contributed by atoms with Crippen molar-refractivity contribution in [2.75, 3.05) is 21.3 Å². The molecule has 0 aliphatic rings. The number of ketones is 1. The Morgan fingerprint density at radius 3 is 2.42 bits per heavy atom. The lowest BCUT2D eigenvalue weighted by molar-refractivity contribution is 0.0953. The van der Waals surface area contributed by atoms with Crippen LogP contribution >= 0.6 is 0 Å². The summed E-state index contributed by atoms with van der Waals surface area (Å²) in [7, 11) is 4.53. The molecule has 0 radical (unpaired) electrons. The van der Waals surface area contributed by atoms with E-state index in [2.05, 4.69) is 13.0 Å². The van der Waals surface area contributed by atoms with Crippen molar-refractivity contribution in [3.8, 4) is 11.5 Å². The first kappa shape index (κ1) is 17.6. The molecule has 0 bridgehead atoms. The maximum Gasteiger partial charge on any atom is 0.231 e. The van der Waals surface area contributed by atoms with Gasteiger partial charge in [0.2, 0.25) is 5.78 Å². The lowest BCUT2D eigenvalue weighted by Gasteiger charge is -2.13. The molecular formula is C20H22O4. The lowest BCUT2D eigenvalue weighted by atomic mass is 10.0. The number of carbonyl (C=O) groups excluding carboxylic acids is 1. The highest BCUT2D eigenvalue weighted by Crippen LogP contribution is 2.32. The Labute approximate surface area is 142 Å². The van der Waals surface area contributed by atoms with Crippen molar-refractivity contribution in [1.29, 1.82) is 0 Å². The number of ether oxygens (including phenoxy) is 3. The number of carbonyl (C=O) groups is 1. The normalized spacial score (nSPS) is 11.1. The molecule has 0 amide bonds. The van der Waals surface area contributed by atoms with Gasteiger partial charge in [0, 0.05) is 0 Å². The van der Waals surface area contributed by atoms with E-state index in [9.17, 15) is 4.79 Å². The van der Waals surface area contributed by atoms with Crippen LogP contribution in [0.2, 0.25) is 0 Å². The van der Waals surface area contributed by atoms with Crippen molar-refractivity contribution < 1.29 is 19.0 Å². The summed E-state index contributed by atoms with van der Waals surface area (Å²) in [5.74, 6) is 0.895. The number of hydrogen-bond donors (Lipinski definition) is 0. The Morgan fingerprint density at radius 2 is 1.79 bits per heavy atom. The SMILES string of the molecule is CCc1cccc(C=C(OC)C(=O)c2cccc(OC)c2OC)c1. The standard InChI is InChI=1S/C20H22O4/c1-5-14-8-6-9-15(12-14)13-18(23-3)19(21)16-10-7-11-17(22-2)20(16)24-4/h6-13H,5H2,1-4H3. The molecule has 2 rings (SSSR count). The summed E-state index contributed by atoms with van der Waals surface area (Å²) in [6.45, 7) is 2.09. The Bertz CT molecular complexity index is 747. The van der Waals surface area contributed by atoms with Crippen molar-refractivity contribution in [1.82, 2.24) is 0 Å². The minimum absolute atomic E-state index is 0.245. The van der Waals surface area contributed by atoms with Gasteiger partial charge in [-0.3, -0.25) is 4.79 Å². The van der Waals surface area contributed by atoms with Crippen LogP contribution in [0.3, 0.4) is 0 Å². The largest absolute Gasteiger partial charge is 0.493 e. The van der Waals surface area contributed by atoms with Crippen LogP contribution in [0, 0.1) is 0 Å². The Hall–Kier alpha value is -2.75. The molecule has 2 aromatic carbocycles. The highest BCUT2D eigenvalue weighted by atomic mass is 16.5. The van der Waals surface area contributed by atoms with Gasteiger partial charge in [0.15, 0.2) is 17.3 Å². The molecule has 4 heteroatoms. The molecular weight excluding hydrogens is 304 g/mol. The lowest BCUT2D eigenvalue weighted by Crippen LogP contribution is -2.08. The summed E-state index contributed by atoms with van der Waals surface area (Å²) in [6.07, 6.45) is 2.67. The number of aryl methyl sites for hydroxylation is 1. The molecule has 0 N–H and O–H groups in total. The average Bonchev–Trinajstić information content (AvgIpc) is 2.64. The predicted molar refractivity (Wildman–Crippen MR) is 94.7 cm³/mol. The van der Waals surface area contributed by atoms with Crippen LogP contribution < -0.4 is 9.47 Å². The van der Waals surface area contributed by atoms with Gasteiger partial charge in [0.05, 0.1) is 26.9 Å². The fourth-order valence-corrected chi connectivity index (χ4v) is 2.47. The van der Waals surface area contributed by atoms with Gasteiger partial charge < -0.3 is 14.2 Å². The van der Waals surface area contributed by atoms with E-state index in [-0.39, 0.29) is 11.5 Å². The van der Waals surface area contributed by atoms with Crippen LogP contribution in [0.15, 0.2) is 48.2 Å². The zero-order valence-electron chi connectivity index (χ0n) is 14.5. The van der Waals surface area contributed by atoms with Gasteiger partial charge >= 0.3 is 0 Å². The second kappa shape index (κ2) is 8.20. The number of benzene rings is 2. The van der Waals surface area contributed by atoms with E-state index in [4.69, 9.17) is 14.2 Å². The predicted octanol–water partition coefficient (Wildman–Crippen LogP) is 4.14. The first-order valence-electron chi connectivity index (χ1n) is 7.74. The molecule has 0 aliphatic heterocycles. The van der Waals surface area contributed by atoms with Crippen LogP contribution in [0.5, 0.6) is 11.5 Å². The number of Topliss-reactive ketones (excluding diaryl/α,β-unsaturated/α-hetero) is 1. The maximum atomic E-state index is 12.9. The molecule has 2 aromatic rings. The third kappa shape index (κ3) is 3.77. The Kier molecular flexibility index (Phi) is 6.01. The highest BCUT2D eigenvalue weighted by Gasteiger charge is 2.20. The molecule has 24 heavy (non-hydrogen) atoms. The van der Waals surface area contributed by atoms with E-state index in [1.807, 2.05) is 18.2 Å². The first-order valence-corrected chi connectivity index (χ1v) is 7.74. The quantitative estimate of drug-likeness (QED) is 0.436. The van der Waals surface area contributed by atoms with Gasteiger partial charge in [0.25, 0.3) is 0 Å². The molecule has 0 saturated heterocycles. The van der Waals surface area contributed by atoms with Crippen LogP contribution in [-0.2, 0) is 11.2 Å². The van der Waals surface area contributed by atoms with E-state index in [0.717, 1.165) is 12.0 Å². The van der Waals surface area contributed by atoms with E-state index in [1.54, 1.807) is 24.3 Å².